The zero-order valence-corrected chi connectivity index (χ0v) is 10.5. The van der Waals surface area contributed by atoms with Crippen molar-refractivity contribution in [2.45, 2.75) is 32.2 Å². The fraction of sp³-hybridized carbons (Fsp3) is 0.500. The van der Waals surface area contributed by atoms with Crippen LogP contribution in [0.5, 0.6) is 0 Å². The van der Waals surface area contributed by atoms with E-state index in [0.29, 0.717) is 12.5 Å². The number of hydrogen-bond donors (Lipinski definition) is 2. The standard InChI is InChI=1S/C14H20N2O/c1-10(2)12-5-3-11(4-6-12)7-13-8-15-9-14(17)16-13/h3-6,10,13,15H,7-9H2,1-2H3,(H,16,17). The molecule has 1 atom stereocenters. The molecule has 1 aliphatic rings. The van der Waals surface area contributed by atoms with Crippen molar-refractivity contribution < 1.29 is 4.79 Å². The Bertz CT molecular complexity index is 384. The van der Waals surface area contributed by atoms with Crippen LogP contribution in [-0.2, 0) is 11.2 Å². The first-order chi connectivity index (χ1) is 8.15. The maximum Gasteiger partial charge on any atom is 0.234 e. The zero-order valence-electron chi connectivity index (χ0n) is 10.5. The van der Waals surface area contributed by atoms with Gasteiger partial charge in [0.05, 0.1) is 6.54 Å². The Labute approximate surface area is 103 Å². The van der Waals surface area contributed by atoms with Crippen LogP contribution in [0.3, 0.4) is 0 Å². The Kier molecular flexibility index (Phi) is 3.79. The minimum Gasteiger partial charge on any atom is -0.351 e. The van der Waals surface area contributed by atoms with Gasteiger partial charge >= 0.3 is 0 Å². The highest BCUT2D eigenvalue weighted by atomic mass is 16.2. The van der Waals surface area contributed by atoms with Crippen LogP contribution in [0.1, 0.15) is 30.9 Å². The highest BCUT2D eigenvalue weighted by Gasteiger charge is 2.17. The summed E-state index contributed by atoms with van der Waals surface area (Å²) in [6, 6.07) is 8.91. The molecule has 1 unspecified atom stereocenters. The van der Waals surface area contributed by atoms with Gasteiger partial charge in [0.15, 0.2) is 0 Å². The molecule has 3 heteroatoms. The van der Waals surface area contributed by atoms with Crippen molar-refractivity contribution in [3.63, 3.8) is 0 Å². The summed E-state index contributed by atoms with van der Waals surface area (Å²) in [5.74, 6) is 0.667. The van der Waals surface area contributed by atoms with Crippen molar-refractivity contribution >= 4 is 5.91 Å². The van der Waals surface area contributed by atoms with E-state index >= 15 is 0 Å². The molecule has 92 valence electrons. The molecular weight excluding hydrogens is 212 g/mol. The lowest BCUT2D eigenvalue weighted by Gasteiger charge is -2.24. The van der Waals surface area contributed by atoms with Crippen LogP contribution in [0.4, 0.5) is 0 Å². The lowest BCUT2D eigenvalue weighted by atomic mass is 9.98. The minimum absolute atomic E-state index is 0.0973. The first-order valence-electron chi connectivity index (χ1n) is 6.24. The van der Waals surface area contributed by atoms with Crippen molar-refractivity contribution in [2.75, 3.05) is 13.1 Å². The quantitative estimate of drug-likeness (QED) is 0.828. The molecule has 1 heterocycles. The number of carbonyl (C=O) groups is 1. The highest BCUT2D eigenvalue weighted by Crippen LogP contribution is 2.15. The van der Waals surface area contributed by atoms with E-state index in [2.05, 4.69) is 48.7 Å². The van der Waals surface area contributed by atoms with Gasteiger partial charge in [0.1, 0.15) is 0 Å². The molecule has 3 nitrogen and oxygen atoms in total. The minimum atomic E-state index is 0.0973. The highest BCUT2D eigenvalue weighted by molar-refractivity contribution is 5.79. The van der Waals surface area contributed by atoms with Gasteiger partial charge in [0.2, 0.25) is 5.91 Å². The Balaban J connectivity index is 1.96. The van der Waals surface area contributed by atoms with E-state index in [-0.39, 0.29) is 11.9 Å². The lowest BCUT2D eigenvalue weighted by molar-refractivity contribution is -0.122. The second-order valence-electron chi connectivity index (χ2n) is 5.00. The summed E-state index contributed by atoms with van der Waals surface area (Å²) < 4.78 is 0. The molecule has 1 amide bonds. The van der Waals surface area contributed by atoms with Gasteiger partial charge in [-0.15, -0.1) is 0 Å². The molecule has 0 radical (unpaired) electrons. The van der Waals surface area contributed by atoms with Crippen LogP contribution >= 0.6 is 0 Å². The number of piperazine rings is 1. The molecular formula is C14H20N2O. The molecule has 0 spiro atoms. The van der Waals surface area contributed by atoms with Gasteiger partial charge in [-0.3, -0.25) is 4.79 Å². The monoisotopic (exact) mass is 232 g/mol. The maximum absolute atomic E-state index is 11.2. The second kappa shape index (κ2) is 5.32. The summed E-state index contributed by atoms with van der Waals surface area (Å²) >= 11 is 0. The van der Waals surface area contributed by atoms with Crippen LogP contribution in [0.15, 0.2) is 24.3 Å². The fourth-order valence-electron chi connectivity index (χ4n) is 2.14. The third-order valence-electron chi connectivity index (χ3n) is 3.17. The predicted octanol–water partition coefficient (Wildman–Crippen LogP) is 1.44. The number of amides is 1. The molecule has 2 N–H and O–H groups in total. The molecule has 1 aliphatic heterocycles. The van der Waals surface area contributed by atoms with Gasteiger partial charge < -0.3 is 10.6 Å². The molecule has 0 saturated carbocycles. The number of hydrogen-bond acceptors (Lipinski definition) is 2. The SMILES string of the molecule is CC(C)c1ccc(CC2CNCC(=O)N2)cc1. The van der Waals surface area contributed by atoms with Crippen LogP contribution in [0.25, 0.3) is 0 Å². The number of nitrogens with one attached hydrogen (secondary N) is 2. The summed E-state index contributed by atoms with van der Waals surface area (Å²) in [6.45, 7) is 5.70. The van der Waals surface area contributed by atoms with Crippen LogP contribution in [0, 0.1) is 0 Å². The van der Waals surface area contributed by atoms with Crippen molar-refractivity contribution in [1.82, 2.24) is 10.6 Å². The van der Waals surface area contributed by atoms with Gasteiger partial charge in [-0.1, -0.05) is 38.1 Å². The van der Waals surface area contributed by atoms with Crippen LogP contribution in [0.2, 0.25) is 0 Å². The summed E-state index contributed by atoms with van der Waals surface area (Å²) in [5, 5.41) is 6.12. The Morgan fingerprint density at radius 2 is 2.00 bits per heavy atom. The van der Waals surface area contributed by atoms with Crippen molar-refractivity contribution in [2.24, 2.45) is 0 Å². The van der Waals surface area contributed by atoms with E-state index in [0.717, 1.165) is 13.0 Å². The largest absolute Gasteiger partial charge is 0.351 e. The Morgan fingerprint density at radius 3 is 2.59 bits per heavy atom. The van der Waals surface area contributed by atoms with Gasteiger partial charge in [-0.2, -0.15) is 0 Å². The fourth-order valence-corrected chi connectivity index (χ4v) is 2.14. The predicted molar refractivity (Wildman–Crippen MR) is 69.0 cm³/mol. The topological polar surface area (TPSA) is 41.1 Å². The molecule has 0 bridgehead atoms. The van der Waals surface area contributed by atoms with Gasteiger partial charge in [0.25, 0.3) is 0 Å². The van der Waals surface area contributed by atoms with Crippen molar-refractivity contribution in [3.8, 4) is 0 Å². The van der Waals surface area contributed by atoms with E-state index in [1.54, 1.807) is 0 Å². The summed E-state index contributed by atoms with van der Waals surface area (Å²) in [7, 11) is 0. The van der Waals surface area contributed by atoms with Crippen molar-refractivity contribution in [3.05, 3.63) is 35.4 Å². The van der Waals surface area contributed by atoms with Gasteiger partial charge in [-0.25, -0.2) is 0 Å². The summed E-state index contributed by atoms with van der Waals surface area (Å²) in [4.78, 5) is 11.2. The van der Waals surface area contributed by atoms with Gasteiger partial charge in [0, 0.05) is 12.6 Å². The Hall–Kier alpha value is -1.35. The average Bonchev–Trinajstić information content (AvgIpc) is 2.29. The number of carbonyl (C=O) groups excluding carboxylic acids is 1. The van der Waals surface area contributed by atoms with E-state index in [1.807, 2.05) is 0 Å². The average molecular weight is 232 g/mol. The van der Waals surface area contributed by atoms with E-state index in [9.17, 15) is 4.79 Å². The van der Waals surface area contributed by atoms with Gasteiger partial charge in [-0.05, 0) is 23.5 Å². The third kappa shape index (κ3) is 3.30. The molecule has 1 saturated heterocycles. The smallest absolute Gasteiger partial charge is 0.234 e. The molecule has 0 aromatic heterocycles. The summed E-state index contributed by atoms with van der Waals surface area (Å²) in [5.41, 5.74) is 2.64. The normalized spacial score (nSPS) is 20.4. The van der Waals surface area contributed by atoms with Crippen LogP contribution in [-0.4, -0.2) is 25.0 Å². The first-order valence-corrected chi connectivity index (χ1v) is 6.24. The Morgan fingerprint density at radius 1 is 1.29 bits per heavy atom. The summed E-state index contributed by atoms with van der Waals surface area (Å²) in [6.07, 6.45) is 0.900. The number of rotatable bonds is 3. The van der Waals surface area contributed by atoms with E-state index in [1.165, 1.54) is 11.1 Å². The number of benzene rings is 1. The van der Waals surface area contributed by atoms with Crippen molar-refractivity contribution in [1.29, 1.82) is 0 Å². The molecule has 1 fully saturated rings. The molecule has 1 aromatic rings. The third-order valence-corrected chi connectivity index (χ3v) is 3.17. The molecule has 2 rings (SSSR count). The molecule has 0 aliphatic carbocycles. The van der Waals surface area contributed by atoms with Crippen LogP contribution < -0.4 is 10.6 Å². The second-order valence-corrected chi connectivity index (χ2v) is 5.00. The lowest BCUT2D eigenvalue weighted by Crippen LogP contribution is -2.52. The maximum atomic E-state index is 11.2. The first kappa shape index (κ1) is 12.1. The molecule has 1 aromatic carbocycles. The van der Waals surface area contributed by atoms with E-state index < -0.39 is 0 Å². The van der Waals surface area contributed by atoms with E-state index in [4.69, 9.17) is 0 Å². The zero-order chi connectivity index (χ0) is 12.3. The molecule has 17 heavy (non-hydrogen) atoms.